The van der Waals surface area contributed by atoms with Crippen molar-refractivity contribution in [2.45, 2.75) is 13.3 Å². The van der Waals surface area contributed by atoms with Crippen LogP contribution in [0.15, 0.2) is 40.1 Å². The second kappa shape index (κ2) is 6.69. The minimum absolute atomic E-state index is 0.0264. The third-order valence-corrected chi connectivity index (χ3v) is 5.00. The van der Waals surface area contributed by atoms with Gasteiger partial charge < -0.3 is 10.3 Å². The zero-order valence-electron chi connectivity index (χ0n) is 16.0. The maximum atomic E-state index is 13.6. The molecule has 29 heavy (non-hydrogen) atoms. The SMILES string of the molecule is Cc1[nH]c2ccc(F)cc2c1CC(=O)Nc1cnc2c(c1)c(=O)n(C)c(=O)n2C. The lowest BCUT2D eigenvalue weighted by Gasteiger charge is -2.09. The zero-order chi connectivity index (χ0) is 20.9. The van der Waals surface area contributed by atoms with Crippen LogP contribution < -0.4 is 16.6 Å². The van der Waals surface area contributed by atoms with E-state index in [-0.39, 0.29) is 29.2 Å². The van der Waals surface area contributed by atoms with Crippen LogP contribution in [0.25, 0.3) is 21.9 Å². The molecule has 0 unspecified atom stereocenters. The van der Waals surface area contributed by atoms with Crippen molar-refractivity contribution in [2.75, 3.05) is 5.32 Å². The van der Waals surface area contributed by atoms with E-state index in [4.69, 9.17) is 0 Å². The van der Waals surface area contributed by atoms with Gasteiger partial charge in [0.25, 0.3) is 5.56 Å². The Morgan fingerprint density at radius 2 is 1.93 bits per heavy atom. The monoisotopic (exact) mass is 395 g/mol. The number of hydrogen-bond donors (Lipinski definition) is 2. The summed E-state index contributed by atoms with van der Waals surface area (Å²) >= 11 is 0. The van der Waals surface area contributed by atoms with Crippen molar-refractivity contribution < 1.29 is 9.18 Å². The fraction of sp³-hybridized carbons (Fsp3) is 0.200. The molecule has 0 saturated carbocycles. The molecule has 0 aliphatic heterocycles. The summed E-state index contributed by atoms with van der Waals surface area (Å²) in [6.45, 7) is 1.82. The Bertz CT molecular complexity index is 1410. The van der Waals surface area contributed by atoms with Crippen LogP contribution in [0.4, 0.5) is 10.1 Å². The predicted molar refractivity (Wildman–Crippen MR) is 108 cm³/mol. The predicted octanol–water partition coefficient (Wildman–Crippen LogP) is 1.74. The number of carbonyl (C=O) groups excluding carboxylic acids is 1. The average molecular weight is 395 g/mol. The molecule has 0 saturated heterocycles. The molecule has 3 aromatic heterocycles. The van der Waals surface area contributed by atoms with Gasteiger partial charge in [0.05, 0.1) is 23.7 Å². The third-order valence-electron chi connectivity index (χ3n) is 5.00. The Morgan fingerprint density at radius 1 is 1.17 bits per heavy atom. The van der Waals surface area contributed by atoms with E-state index in [1.165, 1.54) is 43.1 Å². The van der Waals surface area contributed by atoms with E-state index >= 15 is 0 Å². The number of rotatable bonds is 3. The number of amides is 1. The molecule has 8 nitrogen and oxygen atoms in total. The number of pyridine rings is 1. The first-order valence-corrected chi connectivity index (χ1v) is 8.88. The first-order valence-electron chi connectivity index (χ1n) is 8.88. The number of aryl methyl sites for hydroxylation is 2. The Balaban J connectivity index is 1.67. The number of anilines is 1. The van der Waals surface area contributed by atoms with Crippen molar-refractivity contribution in [1.82, 2.24) is 19.1 Å². The van der Waals surface area contributed by atoms with Crippen LogP contribution in [-0.2, 0) is 25.3 Å². The van der Waals surface area contributed by atoms with Gasteiger partial charge >= 0.3 is 5.69 Å². The molecule has 4 aromatic rings. The van der Waals surface area contributed by atoms with Gasteiger partial charge in [0.15, 0.2) is 0 Å². The maximum Gasteiger partial charge on any atom is 0.332 e. The van der Waals surface area contributed by atoms with E-state index < -0.39 is 11.2 Å². The van der Waals surface area contributed by atoms with Gasteiger partial charge in [0, 0.05) is 30.7 Å². The molecule has 0 aliphatic carbocycles. The number of benzene rings is 1. The number of H-pyrrole nitrogens is 1. The molecule has 1 aromatic carbocycles. The molecule has 0 fully saturated rings. The summed E-state index contributed by atoms with van der Waals surface area (Å²) in [5.41, 5.74) is 1.83. The lowest BCUT2D eigenvalue weighted by molar-refractivity contribution is -0.115. The van der Waals surface area contributed by atoms with Crippen LogP contribution in [0.2, 0.25) is 0 Å². The average Bonchev–Trinajstić information content (AvgIpc) is 2.99. The molecule has 2 N–H and O–H groups in total. The molecule has 148 valence electrons. The van der Waals surface area contributed by atoms with Gasteiger partial charge in [-0.3, -0.25) is 18.7 Å². The Kier molecular flexibility index (Phi) is 4.30. The van der Waals surface area contributed by atoms with Crippen LogP contribution in [0, 0.1) is 12.7 Å². The minimum Gasteiger partial charge on any atom is -0.358 e. The highest BCUT2D eigenvalue weighted by Gasteiger charge is 2.15. The van der Waals surface area contributed by atoms with Gasteiger partial charge in [0.2, 0.25) is 5.91 Å². The van der Waals surface area contributed by atoms with Gasteiger partial charge in [-0.25, -0.2) is 14.2 Å². The number of nitrogens with one attached hydrogen (secondary N) is 2. The molecule has 9 heteroatoms. The van der Waals surface area contributed by atoms with Crippen LogP contribution in [-0.4, -0.2) is 25.0 Å². The van der Waals surface area contributed by atoms with E-state index in [1.54, 1.807) is 6.07 Å². The van der Waals surface area contributed by atoms with Crippen molar-refractivity contribution in [1.29, 1.82) is 0 Å². The third kappa shape index (κ3) is 3.10. The maximum absolute atomic E-state index is 13.6. The van der Waals surface area contributed by atoms with Gasteiger partial charge in [-0.2, -0.15) is 0 Å². The zero-order valence-corrected chi connectivity index (χ0v) is 16.0. The first-order chi connectivity index (χ1) is 13.8. The number of nitrogens with zero attached hydrogens (tertiary/aromatic N) is 3. The summed E-state index contributed by atoms with van der Waals surface area (Å²) in [5, 5.41) is 3.59. The van der Waals surface area contributed by atoms with Crippen LogP contribution in [0.1, 0.15) is 11.3 Å². The summed E-state index contributed by atoms with van der Waals surface area (Å²) in [5.74, 6) is -0.709. The smallest absolute Gasteiger partial charge is 0.332 e. The van der Waals surface area contributed by atoms with Crippen molar-refractivity contribution in [3.8, 4) is 0 Å². The summed E-state index contributed by atoms with van der Waals surface area (Å²) < 4.78 is 15.9. The van der Waals surface area contributed by atoms with Crippen molar-refractivity contribution in [3.63, 3.8) is 0 Å². The highest BCUT2D eigenvalue weighted by molar-refractivity contribution is 5.97. The number of carbonyl (C=O) groups is 1. The number of aromatic amines is 1. The summed E-state index contributed by atoms with van der Waals surface area (Å²) in [6, 6.07) is 5.87. The van der Waals surface area contributed by atoms with Gasteiger partial charge in [-0.05, 0) is 36.8 Å². The second-order valence-corrected chi connectivity index (χ2v) is 6.94. The highest BCUT2D eigenvalue weighted by atomic mass is 19.1. The Labute approximate surface area is 163 Å². The summed E-state index contributed by atoms with van der Waals surface area (Å²) in [4.78, 5) is 44.2. The van der Waals surface area contributed by atoms with E-state index in [0.717, 1.165) is 15.8 Å². The number of aromatic nitrogens is 4. The summed E-state index contributed by atoms with van der Waals surface area (Å²) in [7, 11) is 2.91. The molecule has 0 spiro atoms. The number of halogens is 1. The molecule has 1 amide bonds. The van der Waals surface area contributed by atoms with Crippen LogP contribution in [0.3, 0.4) is 0 Å². The van der Waals surface area contributed by atoms with E-state index in [9.17, 15) is 18.8 Å². The molecule has 0 bridgehead atoms. The lowest BCUT2D eigenvalue weighted by atomic mass is 10.1. The second-order valence-electron chi connectivity index (χ2n) is 6.94. The lowest BCUT2D eigenvalue weighted by Crippen LogP contribution is -2.37. The standard InChI is InChI=1S/C20H18FN5O3/c1-10-13(14-6-11(21)4-5-16(14)23-10)8-17(27)24-12-7-15-18(22-9-12)25(2)20(29)26(3)19(15)28/h4-7,9,23H,8H2,1-3H3,(H,24,27). The number of hydrogen-bond acceptors (Lipinski definition) is 4. The van der Waals surface area contributed by atoms with Crippen molar-refractivity contribution >= 4 is 33.5 Å². The molecule has 0 radical (unpaired) electrons. The molecular weight excluding hydrogens is 377 g/mol. The first kappa shape index (κ1) is 18.6. The largest absolute Gasteiger partial charge is 0.358 e. The van der Waals surface area contributed by atoms with E-state index in [0.29, 0.717) is 16.6 Å². The van der Waals surface area contributed by atoms with Crippen molar-refractivity contribution in [2.24, 2.45) is 14.1 Å². The number of fused-ring (bicyclic) bond motifs is 2. The van der Waals surface area contributed by atoms with E-state index in [2.05, 4.69) is 15.3 Å². The van der Waals surface area contributed by atoms with Crippen LogP contribution >= 0.6 is 0 Å². The minimum atomic E-state index is -0.491. The fourth-order valence-electron chi connectivity index (χ4n) is 3.48. The van der Waals surface area contributed by atoms with Gasteiger partial charge in [-0.15, -0.1) is 0 Å². The normalized spacial score (nSPS) is 11.3. The molecule has 0 aliphatic rings. The highest BCUT2D eigenvalue weighted by Crippen LogP contribution is 2.24. The molecule has 0 atom stereocenters. The molecule has 3 heterocycles. The van der Waals surface area contributed by atoms with Crippen molar-refractivity contribution in [3.05, 3.63) is 68.4 Å². The topological polar surface area (TPSA) is 102 Å². The van der Waals surface area contributed by atoms with Crippen LogP contribution in [0.5, 0.6) is 0 Å². The molecular formula is C20H18FN5O3. The van der Waals surface area contributed by atoms with Gasteiger partial charge in [-0.1, -0.05) is 0 Å². The fourth-order valence-corrected chi connectivity index (χ4v) is 3.48. The van der Waals surface area contributed by atoms with Gasteiger partial charge in [0.1, 0.15) is 11.5 Å². The quantitative estimate of drug-likeness (QED) is 0.552. The van der Waals surface area contributed by atoms with E-state index in [1.807, 2.05) is 6.92 Å². The Hall–Kier alpha value is -3.75. The Morgan fingerprint density at radius 3 is 2.69 bits per heavy atom. The molecule has 4 rings (SSSR count). The summed E-state index contributed by atoms with van der Waals surface area (Å²) in [6.07, 6.45) is 1.42.